The van der Waals surface area contributed by atoms with Crippen LogP contribution in [0.1, 0.15) is 19.4 Å². The fourth-order valence-corrected chi connectivity index (χ4v) is 3.32. The molecule has 1 N–H and O–H groups in total. The van der Waals surface area contributed by atoms with Crippen LogP contribution in [0.15, 0.2) is 6.33 Å². The van der Waals surface area contributed by atoms with Gasteiger partial charge in [-0.3, -0.25) is 0 Å². The van der Waals surface area contributed by atoms with E-state index in [0.717, 1.165) is 36.0 Å². The number of hydrogen-bond acceptors (Lipinski definition) is 5. The van der Waals surface area contributed by atoms with Crippen LogP contribution >= 0.6 is 11.8 Å². The van der Waals surface area contributed by atoms with Gasteiger partial charge in [0.25, 0.3) is 0 Å². The Balaban J connectivity index is 2.28. The highest BCUT2D eigenvalue weighted by Gasteiger charge is 2.28. The number of rotatable bonds is 2. The van der Waals surface area contributed by atoms with E-state index < -0.39 is 0 Å². The maximum Gasteiger partial charge on any atom is 0.137 e. The number of nitrogens with one attached hydrogen (secondary N) is 1. The zero-order chi connectivity index (χ0) is 12.5. The van der Waals surface area contributed by atoms with Gasteiger partial charge in [-0.15, -0.1) is 0 Å². The van der Waals surface area contributed by atoms with Crippen molar-refractivity contribution in [2.24, 2.45) is 0 Å². The lowest BCUT2D eigenvalue weighted by Crippen LogP contribution is -2.43. The third-order valence-corrected chi connectivity index (χ3v) is 4.32. The van der Waals surface area contributed by atoms with E-state index in [1.165, 1.54) is 0 Å². The summed E-state index contributed by atoms with van der Waals surface area (Å²) in [7, 11) is 1.90. The molecule has 0 amide bonds. The topological polar surface area (TPSA) is 41.1 Å². The van der Waals surface area contributed by atoms with Crippen molar-refractivity contribution in [1.82, 2.24) is 9.97 Å². The lowest BCUT2D eigenvalue weighted by atomic mass is 10.1. The van der Waals surface area contributed by atoms with E-state index in [9.17, 15) is 0 Å². The monoisotopic (exact) mass is 252 g/mol. The molecule has 17 heavy (non-hydrogen) atoms. The van der Waals surface area contributed by atoms with Gasteiger partial charge in [-0.05, 0) is 20.8 Å². The normalized spacial score (nSPS) is 19.2. The summed E-state index contributed by atoms with van der Waals surface area (Å²) in [4.78, 5) is 11.0. The maximum atomic E-state index is 4.44. The minimum absolute atomic E-state index is 0.301. The molecule has 0 aromatic carbocycles. The fraction of sp³-hybridized carbons (Fsp3) is 0.667. The van der Waals surface area contributed by atoms with E-state index in [-0.39, 0.29) is 0 Å². The zero-order valence-electron chi connectivity index (χ0n) is 10.9. The maximum absolute atomic E-state index is 4.44. The van der Waals surface area contributed by atoms with Crippen molar-refractivity contribution in [1.29, 1.82) is 0 Å². The molecule has 94 valence electrons. The molecule has 0 radical (unpaired) electrons. The summed E-state index contributed by atoms with van der Waals surface area (Å²) in [6.07, 6.45) is 1.64. The van der Waals surface area contributed by atoms with E-state index in [2.05, 4.69) is 41.0 Å². The summed E-state index contributed by atoms with van der Waals surface area (Å²) in [5.74, 6) is 3.15. The zero-order valence-corrected chi connectivity index (χ0v) is 11.8. The van der Waals surface area contributed by atoms with E-state index in [1.54, 1.807) is 6.33 Å². The molecule has 0 bridgehead atoms. The summed E-state index contributed by atoms with van der Waals surface area (Å²) >= 11 is 2.03. The van der Waals surface area contributed by atoms with E-state index in [1.807, 2.05) is 18.8 Å². The Morgan fingerprint density at radius 1 is 1.41 bits per heavy atom. The largest absolute Gasteiger partial charge is 0.373 e. The molecule has 0 unspecified atom stereocenters. The molecule has 0 saturated carbocycles. The average molecular weight is 252 g/mol. The van der Waals surface area contributed by atoms with Crippen LogP contribution in [-0.2, 0) is 0 Å². The van der Waals surface area contributed by atoms with Gasteiger partial charge in [0.1, 0.15) is 18.0 Å². The first-order valence-electron chi connectivity index (χ1n) is 5.92. The van der Waals surface area contributed by atoms with Gasteiger partial charge in [0.15, 0.2) is 0 Å². The molecule has 1 aliphatic heterocycles. The van der Waals surface area contributed by atoms with Crippen LogP contribution in [0.3, 0.4) is 0 Å². The third kappa shape index (κ3) is 2.65. The highest BCUT2D eigenvalue weighted by Crippen LogP contribution is 2.33. The minimum atomic E-state index is 0.301. The standard InChI is InChI=1S/C12H20N4S/c1-9-10(13-4)14-8-15-11(9)16-5-6-17-12(2,3)7-16/h8H,5-7H2,1-4H3,(H,13,14,15). The van der Waals surface area contributed by atoms with Gasteiger partial charge in [-0.25, -0.2) is 9.97 Å². The Hall–Kier alpha value is -0.970. The first-order chi connectivity index (χ1) is 8.03. The van der Waals surface area contributed by atoms with Crippen LogP contribution in [0, 0.1) is 6.92 Å². The van der Waals surface area contributed by atoms with Crippen LogP contribution < -0.4 is 10.2 Å². The summed E-state index contributed by atoms with van der Waals surface area (Å²) in [6.45, 7) is 8.77. The molecule has 1 aromatic rings. The Morgan fingerprint density at radius 2 is 2.18 bits per heavy atom. The minimum Gasteiger partial charge on any atom is -0.373 e. The molecule has 1 aliphatic rings. The van der Waals surface area contributed by atoms with Crippen LogP contribution in [0.2, 0.25) is 0 Å². The van der Waals surface area contributed by atoms with Crippen LogP contribution in [0.5, 0.6) is 0 Å². The first kappa shape index (κ1) is 12.5. The van der Waals surface area contributed by atoms with Crippen LogP contribution in [0.4, 0.5) is 11.6 Å². The van der Waals surface area contributed by atoms with Crippen molar-refractivity contribution in [2.45, 2.75) is 25.5 Å². The first-order valence-corrected chi connectivity index (χ1v) is 6.90. The molecule has 4 nitrogen and oxygen atoms in total. The van der Waals surface area contributed by atoms with Crippen LogP contribution in [-0.4, -0.2) is 40.6 Å². The summed E-state index contributed by atoms with van der Waals surface area (Å²) in [5.41, 5.74) is 1.14. The third-order valence-electron chi connectivity index (χ3n) is 3.02. The quantitative estimate of drug-likeness (QED) is 0.873. The molecule has 2 heterocycles. The molecule has 1 saturated heterocycles. The second-order valence-electron chi connectivity index (χ2n) is 4.95. The average Bonchev–Trinajstić information content (AvgIpc) is 2.28. The number of anilines is 2. The molecule has 0 atom stereocenters. The highest BCUT2D eigenvalue weighted by atomic mass is 32.2. The second-order valence-corrected chi connectivity index (χ2v) is 6.75. The lowest BCUT2D eigenvalue weighted by Gasteiger charge is -2.38. The van der Waals surface area contributed by atoms with Crippen molar-refractivity contribution in [3.63, 3.8) is 0 Å². The van der Waals surface area contributed by atoms with Gasteiger partial charge < -0.3 is 10.2 Å². The van der Waals surface area contributed by atoms with Crippen molar-refractivity contribution < 1.29 is 0 Å². The van der Waals surface area contributed by atoms with Gasteiger partial charge >= 0.3 is 0 Å². The summed E-state index contributed by atoms with van der Waals surface area (Å²) in [6, 6.07) is 0. The lowest BCUT2D eigenvalue weighted by molar-refractivity contribution is 0.640. The molecular formula is C12H20N4S. The van der Waals surface area contributed by atoms with Gasteiger partial charge in [-0.2, -0.15) is 11.8 Å². The molecule has 0 spiro atoms. The Labute approximate surface area is 107 Å². The van der Waals surface area contributed by atoms with Gasteiger partial charge in [-0.1, -0.05) is 0 Å². The highest BCUT2D eigenvalue weighted by molar-refractivity contribution is 8.00. The number of aromatic nitrogens is 2. The van der Waals surface area contributed by atoms with Gasteiger partial charge in [0.05, 0.1) is 0 Å². The predicted molar refractivity (Wildman–Crippen MR) is 75.1 cm³/mol. The number of nitrogens with zero attached hydrogens (tertiary/aromatic N) is 3. The number of thioether (sulfide) groups is 1. The predicted octanol–water partition coefficient (Wildman–Crippen LogP) is 2.16. The molecule has 2 rings (SSSR count). The summed E-state index contributed by atoms with van der Waals surface area (Å²) < 4.78 is 0.301. The van der Waals surface area contributed by atoms with E-state index in [4.69, 9.17) is 0 Å². The van der Waals surface area contributed by atoms with Crippen LogP contribution in [0.25, 0.3) is 0 Å². The van der Waals surface area contributed by atoms with E-state index in [0.29, 0.717) is 4.75 Å². The Bertz CT molecular complexity index is 405. The Kier molecular flexibility index (Phi) is 3.47. The molecule has 1 aromatic heterocycles. The SMILES string of the molecule is CNc1ncnc(N2CCSC(C)(C)C2)c1C. The van der Waals surface area contributed by atoms with Gasteiger partial charge in [0, 0.05) is 36.2 Å². The molecule has 5 heteroatoms. The fourth-order valence-electron chi connectivity index (χ4n) is 2.21. The van der Waals surface area contributed by atoms with Crippen molar-refractivity contribution >= 4 is 23.4 Å². The number of hydrogen-bond donors (Lipinski definition) is 1. The van der Waals surface area contributed by atoms with Crippen molar-refractivity contribution in [3.05, 3.63) is 11.9 Å². The van der Waals surface area contributed by atoms with Crippen molar-refractivity contribution in [3.8, 4) is 0 Å². The second kappa shape index (κ2) is 4.72. The molecule has 1 fully saturated rings. The van der Waals surface area contributed by atoms with E-state index >= 15 is 0 Å². The smallest absolute Gasteiger partial charge is 0.137 e. The summed E-state index contributed by atoms with van der Waals surface area (Å²) in [5, 5.41) is 3.11. The van der Waals surface area contributed by atoms with Gasteiger partial charge in [0.2, 0.25) is 0 Å². The molecular weight excluding hydrogens is 232 g/mol. The molecule has 0 aliphatic carbocycles. The van der Waals surface area contributed by atoms with Crippen molar-refractivity contribution in [2.75, 3.05) is 36.1 Å². The Morgan fingerprint density at radius 3 is 2.82 bits per heavy atom.